The van der Waals surface area contributed by atoms with E-state index in [1.54, 1.807) is 21.5 Å². The van der Waals surface area contributed by atoms with Gasteiger partial charge in [-0.25, -0.2) is 0 Å². The molecule has 0 aliphatic carbocycles. The highest BCUT2D eigenvalue weighted by Gasteiger charge is 2.44. The molecule has 2 aromatic heterocycles. The van der Waals surface area contributed by atoms with Gasteiger partial charge < -0.3 is 0 Å². The van der Waals surface area contributed by atoms with Crippen LogP contribution in [0.4, 0.5) is 0 Å². The zero-order valence-corrected chi connectivity index (χ0v) is 36.6. The minimum Gasteiger partial charge on any atom is -0.128 e. The Morgan fingerprint density at radius 3 is 1.24 bits per heavy atom. The molecule has 0 unspecified atom stereocenters. The van der Waals surface area contributed by atoms with E-state index in [4.69, 9.17) is 0 Å². The lowest BCUT2D eigenvalue weighted by Crippen LogP contribution is -2.55. The van der Waals surface area contributed by atoms with Crippen LogP contribution in [0.2, 0.25) is 12.1 Å². The summed E-state index contributed by atoms with van der Waals surface area (Å²) in [6.45, 7) is 9.31. The van der Waals surface area contributed by atoms with Gasteiger partial charge in [-0.05, 0) is 126 Å². The Kier molecular flexibility index (Phi) is 15.8. The summed E-state index contributed by atoms with van der Waals surface area (Å²) in [5, 5.41) is 3.48. The van der Waals surface area contributed by atoms with Gasteiger partial charge >= 0.3 is 0 Å². The lowest BCUT2D eigenvalue weighted by molar-refractivity contribution is 0.667. The van der Waals surface area contributed by atoms with Crippen LogP contribution in [-0.2, 0) is 12.8 Å². The number of halogens is 2. The Morgan fingerprint density at radius 1 is 0.469 bits per heavy atom. The van der Waals surface area contributed by atoms with E-state index >= 15 is 0 Å². The molecule has 4 aromatic rings. The van der Waals surface area contributed by atoms with Crippen molar-refractivity contribution in [2.75, 3.05) is 0 Å². The first-order valence-corrected chi connectivity index (χ1v) is 25.5. The summed E-state index contributed by atoms with van der Waals surface area (Å²) >= 11 is 11.8. The third-order valence-electron chi connectivity index (χ3n) is 11.0. The second-order valence-corrected chi connectivity index (χ2v) is 23.6. The third-order valence-corrected chi connectivity index (χ3v) is 20.3. The molecule has 2 aromatic carbocycles. The molecule has 0 saturated heterocycles. The molecule has 1 aliphatic heterocycles. The van der Waals surface area contributed by atoms with Crippen molar-refractivity contribution in [2.45, 2.75) is 155 Å². The number of hydrogen-bond acceptors (Lipinski definition) is 2. The smallest absolute Gasteiger partial charge is 0.119 e. The predicted octanol–water partition coefficient (Wildman–Crippen LogP) is 15.6. The van der Waals surface area contributed by atoms with Gasteiger partial charge in [0.25, 0.3) is 0 Å². The molecule has 5 heteroatoms. The second-order valence-electron chi connectivity index (χ2n) is 14.7. The quantitative estimate of drug-likeness (QED) is 0.0546. The average molecular weight is 841 g/mol. The Morgan fingerprint density at radius 2 is 0.857 bits per heavy atom. The Hall–Kier alpha value is -0.983. The van der Waals surface area contributed by atoms with Crippen LogP contribution in [0.25, 0.3) is 32.0 Å². The van der Waals surface area contributed by atoms with Crippen molar-refractivity contribution in [1.82, 2.24) is 0 Å². The molecule has 0 fully saturated rings. The fraction of sp³-hybridized carbons (Fsp3) is 0.545. The van der Waals surface area contributed by atoms with Crippen molar-refractivity contribution in [3.05, 3.63) is 67.2 Å². The van der Waals surface area contributed by atoms with E-state index < -0.39 is 8.07 Å². The monoisotopic (exact) mass is 838 g/mol. The first kappa shape index (κ1) is 39.2. The van der Waals surface area contributed by atoms with Crippen LogP contribution in [0, 0.1) is 0 Å². The number of rotatable bonds is 22. The van der Waals surface area contributed by atoms with Crippen LogP contribution >= 0.6 is 54.5 Å². The van der Waals surface area contributed by atoms with Crippen molar-refractivity contribution in [3.8, 4) is 32.0 Å². The maximum atomic E-state index is 3.97. The standard InChI is InChI=1S/C44H60Br2S2Si/c1-5-9-13-17-21-35-29-39(47-43(35)45)33-23-25-37-38-26-24-34(40-30-36(44(46)48-40)22-18-14-10-6-2)32-42(38)49(41(37)31-33,27-19-15-11-7-3)28-20-16-12-8-4/h23-26,29-32H,5-22,27-28H2,1-4H3. The summed E-state index contributed by atoms with van der Waals surface area (Å²) in [7, 11) is -1.99. The van der Waals surface area contributed by atoms with Gasteiger partial charge in [0, 0.05) is 9.75 Å². The Balaban J connectivity index is 1.54. The Labute approximate surface area is 325 Å². The molecular weight excluding hydrogens is 781 g/mol. The first-order valence-electron chi connectivity index (χ1n) is 19.8. The van der Waals surface area contributed by atoms with Gasteiger partial charge in [0.05, 0.1) is 7.57 Å². The molecule has 0 bridgehead atoms. The van der Waals surface area contributed by atoms with Gasteiger partial charge in [0.15, 0.2) is 0 Å². The molecule has 3 heterocycles. The molecule has 0 amide bonds. The molecule has 0 nitrogen and oxygen atoms in total. The largest absolute Gasteiger partial charge is 0.128 e. The van der Waals surface area contributed by atoms with Gasteiger partial charge in [-0.1, -0.05) is 154 Å². The first-order chi connectivity index (χ1) is 23.9. The van der Waals surface area contributed by atoms with Crippen LogP contribution in [0.3, 0.4) is 0 Å². The predicted molar refractivity (Wildman–Crippen MR) is 233 cm³/mol. The Bertz CT molecular complexity index is 1500. The van der Waals surface area contributed by atoms with Crippen molar-refractivity contribution in [1.29, 1.82) is 0 Å². The highest BCUT2D eigenvalue weighted by molar-refractivity contribution is 9.11. The van der Waals surface area contributed by atoms with E-state index in [1.807, 2.05) is 22.7 Å². The molecule has 0 radical (unpaired) electrons. The van der Waals surface area contributed by atoms with E-state index in [-0.39, 0.29) is 0 Å². The third kappa shape index (κ3) is 9.72. The molecule has 266 valence electrons. The lowest BCUT2D eigenvalue weighted by atomic mass is 10.0. The van der Waals surface area contributed by atoms with Gasteiger partial charge in [0.1, 0.15) is 8.07 Å². The van der Waals surface area contributed by atoms with Crippen molar-refractivity contribution in [3.63, 3.8) is 0 Å². The second kappa shape index (κ2) is 19.7. The summed E-state index contributed by atoms with van der Waals surface area (Å²) in [5.41, 5.74) is 8.96. The fourth-order valence-electron chi connectivity index (χ4n) is 8.10. The summed E-state index contributed by atoms with van der Waals surface area (Å²) < 4.78 is 2.67. The molecule has 49 heavy (non-hydrogen) atoms. The number of aryl methyl sites for hydroxylation is 2. The molecular formula is C44H60Br2S2Si. The van der Waals surface area contributed by atoms with Crippen molar-refractivity contribution >= 4 is 73.0 Å². The topological polar surface area (TPSA) is 0 Å². The maximum absolute atomic E-state index is 3.97. The number of thiophene rings is 2. The maximum Gasteiger partial charge on any atom is 0.119 e. The van der Waals surface area contributed by atoms with E-state index in [0.717, 1.165) is 0 Å². The van der Waals surface area contributed by atoms with Gasteiger partial charge in [-0.15, -0.1) is 22.7 Å². The summed E-state index contributed by atoms with van der Waals surface area (Å²) in [6.07, 6.45) is 23.6. The molecule has 0 saturated carbocycles. The summed E-state index contributed by atoms with van der Waals surface area (Å²) in [6, 6.07) is 23.1. The normalized spacial score (nSPS) is 13.3. The molecule has 0 atom stereocenters. The van der Waals surface area contributed by atoms with Gasteiger partial charge in [0.2, 0.25) is 0 Å². The van der Waals surface area contributed by atoms with E-state index in [1.165, 1.54) is 167 Å². The minimum atomic E-state index is -1.99. The van der Waals surface area contributed by atoms with Crippen LogP contribution < -0.4 is 10.4 Å². The molecule has 1 aliphatic rings. The summed E-state index contributed by atoms with van der Waals surface area (Å²) in [4.78, 5) is 2.87. The molecule has 5 rings (SSSR count). The number of hydrogen-bond donors (Lipinski definition) is 0. The van der Waals surface area contributed by atoms with Crippen LogP contribution in [0.15, 0.2) is 56.1 Å². The fourth-order valence-corrected chi connectivity index (χ4v) is 17.3. The van der Waals surface area contributed by atoms with Crippen LogP contribution in [-0.4, -0.2) is 8.07 Å². The van der Waals surface area contributed by atoms with Crippen LogP contribution in [0.5, 0.6) is 0 Å². The molecule has 0 spiro atoms. The van der Waals surface area contributed by atoms with Crippen molar-refractivity contribution < 1.29 is 0 Å². The minimum absolute atomic E-state index is 1.18. The number of benzene rings is 2. The SMILES string of the molecule is CCCCCCc1cc(-c2ccc3c(c2)[Si](CCCCCC)(CCCCCC)c2cc(-c4cc(CCCCCC)c(Br)s4)ccc2-3)sc1Br. The zero-order chi connectivity index (χ0) is 34.6. The van der Waals surface area contributed by atoms with E-state index in [0.29, 0.717) is 0 Å². The average Bonchev–Trinajstić information content (AvgIpc) is 3.76. The van der Waals surface area contributed by atoms with Gasteiger partial charge in [-0.2, -0.15) is 0 Å². The van der Waals surface area contributed by atoms with Crippen molar-refractivity contribution in [2.24, 2.45) is 0 Å². The summed E-state index contributed by atoms with van der Waals surface area (Å²) in [5.74, 6) is 0. The van der Waals surface area contributed by atoms with Gasteiger partial charge in [-0.3, -0.25) is 0 Å². The number of fused-ring (bicyclic) bond motifs is 3. The zero-order valence-electron chi connectivity index (χ0n) is 30.8. The highest BCUT2D eigenvalue weighted by atomic mass is 79.9. The highest BCUT2D eigenvalue weighted by Crippen LogP contribution is 2.42. The van der Waals surface area contributed by atoms with E-state index in [9.17, 15) is 0 Å². The molecule has 0 N–H and O–H groups in total. The van der Waals surface area contributed by atoms with E-state index in [2.05, 4.69) is 108 Å². The van der Waals surface area contributed by atoms with Crippen LogP contribution in [0.1, 0.15) is 142 Å². The lowest BCUT2D eigenvalue weighted by Gasteiger charge is -2.31. The number of unbranched alkanes of at least 4 members (excludes halogenated alkanes) is 12.